The molecule has 1 aliphatic rings. The van der Waals surface area contributed by atoms with Crippen molar-refractivity contribution in [3.8, 4) is 0 Å². The molecule has 1 aliphatic carbocycles. The fraction of sp³-hybridized carbons (Fsp3) is 0.533. The zero-order chi connectivity index (χ0) is 13.7. The van der Waals surface area contributed by atoms with Gasteiger partial charge in [0.2, 0.25) is 5.91 Å². The highest BCUT2D eigenvalue weighted by Gasteiger charge is 2.34. The van der Waals surface area contributed by atoms with E-state index < -0.39 is 5.54 Å². The second kappa shape index (κ2) is 6.15. The molecule has 0 saturated heterocycles. The Morgan fingerprint density at radius 1 is 1.32 bits per heavy atom. The SMILES string of the molecule is NC1(C(=O)NCCc2cccc(F)c2)CCCCC1. The lowest BCUT2D eigenvalue weighted by Crippen LogP contribution is -2.55. The third-order valence-electron chi connectivity index (χ3n) is 3.79. The van der Waals surface area contributed by atoms with Crippen LogP contribution in [0.3, 0.4) is 0 Å². The maximum Gasteiger partial charge on any atom is 0.240 e. The van der Waals surface area contributed by atoms with Crippen molar-refractivity contribution < 1.29 is 9.18 Å². The number of benzene rings is 1. The van der Waals surface area contributed by atoms with Crippen molar-refractivity contribution >= 4 is 5.91 Å². The summed E-state index contributed by atoms with van der Waals surface area (Å²) in [7, 11) is 0. The van der Waals surface area contributed by atoms with E-state index >= 15 is 0 Å². The van der Waals surface area contributed by atoms with Gasteiger partial charge in [-0.05, 0) is 37.0 Å². The van der Waals surface area contributed by atoms with Crippen LogP contribution in [0.15, 0.2) is 24.3 Å². The minimum atomic E-state index is -0.694. The number of hydrogen-bond acceptors (Lipinski definition) is 2. The lowest BCUT2D eigenvalue weighted by molar-refractivity contribution is -0.127. The molecule has 3 nitrogen and oxygen atoms in total. The Hall–Kier alpha value is -1.42. The molecule has 4 heteroatoms. The number of hydrogen-bond donors (Lipinski definition) is 2. The van der Waals surface area contributed by atoms with Crippen molar-refractivity contribution in [3.05, 3.63) is 35.6 Å². The van der Waals surface area contributed by atoms with Crippen LogP contribution in [0.5, 0.6) is 0 Å². The van der Waals surface area contributed by atoms with Crippen LogP contribution < -0.4 is 11.1 Å². The molecule has 0 bridgehead atoms. The Kier molecular flexibility index (Phi) is 4.53. The first-order valence-electron chi connectivity index (χ1n) is 6.92. The highest BCUT2D eigenvalue weighted by atomic mass is 19.1. The van der Waals surface area contributed by atoms with E-state index in [1.165, 1.54) is 12.1 Å². The van der Waals surface area contributed by atoms with E-state index in [4.69, 9.17) is 5.73 Å². The average molecular weight is 264 g/mol. The maximum absolute atomic E-state index is 13.0. The summed E-state index contributed by atoms with van der Waals surface area (Å²) in [6.45, 7) is 0.501. The monoisotopic (exact) mass is 264 g/mol. The highest BCUT2D eigenvalue weighted by molar-refractivity contribution is 5.86. The van der Waals surface area contributed by atoms with E-state index in [-0.39, 0.29) is 11.7 Å². The van der Waals surface area contributed by atoms with Gasteiger partial charge in [0.25, 0.3) is 0 Å². The third-order valence-corrected chi connectivity index (χ3v) is 3.79. The molecule has 3 N–H and O–H groups in total. The zero-order valence-electron chi connectivity index (χ0n) is 11.1. The van der Waals surface area contributed by atoms with Gasteiger partial charge in [0.15, 0.2) is 0 Å². The predicted octanol–water partition coefficient (Wildman–Crippen LogP) is 2.15. The normalized spacial score (nSPS) is 18.0. The molecule has 0 atom stereocenters. The maximum atomic E-state index is 13.0. The molecule has 1 aromatic carbocycles. The van der Waals surface area contributed by atoms with Crippen molar-refractivity contribution in [1.82, 2.24) is 5.32 Å². The number of halogens is 1. The fourth-order valence-corrected chi connectivity index (χ4v) is 2.60. The van der Waals surface area contributed by atoms with E-state index in [0.717, 1.165) is 37.7 Å². The van der Waals surface area contributed by atoms with E-state index in [9.17, 15) is 9.18 Å². The fourth-order valence-electron chi connectivity index (χ4n) is 2.60. The molecule has 0 aliphatic heterocycles. The van der Waals surface area contributed by atoms with Gasteiger partial charge in [-0.2, -0.15) is 0 Å². The summed E-state index contributed by atoms with van der Waals surface area (Å²) in [4.78, 5) is 12.1. The van der Waals surface area contributed by atoms with Crippen LogP contribution in [-0.4, -0.2) is 18.0 Å². The van der Waals surface area contributed by atoms with Crippen molar-refractivity contribution in [2.75, 3.05) is 6.54 Å². The van der Waals surface area contributed by atoms with Gasteiger partial charge in [-0.3, -0.25) is 4.79 Å². The van der Waals surface area contributed by atoms with Gasteiger partial charge in [-0.1, -0.05) is 31.4 Å². The van der Waals surface area contributed by atoms with Crippen LogP contribution in [0.2, 0.25) is 0 Å². The van der Waals surface area contributed by atoms with Crippen molar-refractivity contribution in [1.29, 1.82) is 0 Å². The lowest BCUT2D eigenvalue weighted by atomic mass is 9.82. The van der Waals surface area contributed by atoms with Gasteiger partial charge in [-0.25, -0.2) is 4.39 Å². The first-order chi connectivity index (χ1) is 9.10. The van der Waals surface area contributed by atoms with E-state index in [1.54, 1.807) is 6.07 Å². The van der Waals surface area contributed by atoms with Crippen molar-refractivity contribution in [2.24, 2.45) is 5.73 Å². The first-order valence-corrected chi connectivity index (χ1v) is 6.92. The molecule has 0 radical (unpaired) electrons. The van der Waals surface area contributed by atoms with Gasteiger partial charge >= 0.3 is 0 Å². The van der Waals surface area contributed by atoms with Crippen molar-refractivity contribution in [3.63, 3.8) is 0 Å². The summed E-state index contributed by atoms with van der Waals surface area (Å²) in [5.41, 5.74) is 6.32. The Morgan fingerprint density at radius 3 is 2.74 bits per heavy atom. The molecular weight excluding hydrogens is 243 g/mol. The minimum absolute atomic E-state index is 0.0661. The predicted molar refractivity (Wildman–Crippen MR) is 73.1 cm³/mol. The standard InChI is InChI=1S/C15H21FN2O/c16-13-6-4-5-12(11-13)7-10-18-14(19)15(17)8-2-1-3-9-15/h4-6,11H,1-3,7-10,17H2,(H,18,19). The Bertz CT molecular complexity index is 442. The molecule has 0 aromatic heterocycles. The van der Waals surface area contributed by atoms with Crippen LogP contribution in [0.25, 0.3) is 0 Å². The van der Waals surface area contributed by atoms with Crippen LogP contribution in [0.4, 0.5) is 4.39 Å². The Balaban J connectivity index is 1.80. The molecular formula is C15H21FN2O. The average Bonchev–Trinajstić information content (AvgIpc) is 2.39. The minimum Gasteiger partial charge on any atom is -0.354 e. The van der Waals surface area contributed by atoms with E-state index in [0.29, 0.717) is 13.0 Å². The van der Waals surface area contributed by atoms with E-state index in [2.05, 4.69) is 5.32 Å². The third kappa shape index (κ3) is 3.77. The number of amides is 1. The summed E-state index contributed by atoms with van der Waals surface area (Å²) in [5.74, 6) is -0.310. The van der Waals surface area contributed by atoms with Crippen LogP contribution in [0, 0.1) is 5.82 Å². The largest absolute Gasteiger partial charge is 0.354 e. The van der Waals surface area contributed by atoms with Gasteiger partial charge < -0.3 is 11.1 Å². The van der Waals surface area contributed by atoms with Crippen LogP contribution >= 0.6 is 0 Å². The second-order valence-electron chi connectivity index (χ2n) is 5.35. The zero-order valence-corrected chi connectivity index (χ0v) is 11.1. The Morgan fingerprint density at radius 2 is 2.05 bits per heavy atom. The first kappa shape index (κ1) is 14.0. The topological polar surface area (TPSA) is 55.1 Å². The highest BCUT2D eigenvalue weighted by Crippen LogP contribution is 2.25. The Labute approximate surface area is 113 Å². The van der Waals surface area contributed by atoms with Gasteiger partial charge in [0, 0.05) is 6.54 Å². The number of rotatable bonds is 4. The summed E-state index contributed by atoms with van der Waals surface area (Å²) < 4.78 is 13.0. The summed E-state index contributed by atoms with van der Waals surface area (Å²) >= 11 is 0. The second-order valence-corrected chi connectivity index (χ2v) is 5.35. The van der Waals surface area contributed by atoms with Gasteiger partial charge in [-0.15, -0.1) is 0 Å². The quantitative estimate of drug-likeness (QED) is 0.875. The molecule has 1 saturated carbocycles. The summed E-state index contributed by atoms with van der Waals surface area (Å²) in [5, 5.41) is 2.87. The molecule has 0 spiro atoms. The van der Waals surface area contributed by atoms with Crippen molar-refractivity contribution in [2.45, 2.75) is 44.1 Å². The molecule has 19 heavy (non-hydrogen) atoms. The smallest absolute Gasteiger partial charge is 0.240 e. The molecule has 0 unspecified atom stereocenters. The number of nitrogens with two attached hydrogens (primary N) is 1. The lowest BCUT2D eigenvalue weighted by Gasteiger charge is -2.31. The molecule has 1 fully saturated rings. The number of carbonyl (C=O) groups is 1. The number of carbonyl (C=O) groups excluding carboxylic acids is 1. The molecule has 0 heterocycles. The van der Waals surface area contributed by atoms with E-state index in [1.807, 2.05) is 6.07 Å². The summed E-state index contributed by atoms with van der Waals surface area (Å²) in [6, 6.07) is 6.44. The van der Waals surface area contributed by atoms with Gasteiger partial charge in [0.05, 0.1) is 5.54 Å². The van der Waals surface area contributed by atoms with Crippen LogP contribution in [0.1, 0.15) is 37.7 Å². The molecule has 1 amide bonds. The van der Waals surface area contributed by atoms with Crippen LogP contribution in [-0.2, 0) is 11.2 Å². The molecule has 1 aromatic rings. The number of nitrogens with one attached hydrogen (secondary N) is 1. The van der Waals surface area contributed by atoms with Gasteiger partial charge in [0.1, 0.15) is 5.82 Å². The summed E-state index contributed by atoms with van der Waals surface area (Å²) in [6.07, 6.45) is 5.36. The molecule has 104 valence electrons. The molecule has 2 rings (SSSR count).